The smallest absolute Gasteiger partial charge is 0.330 e. The molecule has 16 heavy (non-hydrogen) atoms. The van der Waals surface area contributed by atoms with E-state index in [4.69, 9.17) is 10.2 Å². The third-order valence-corrected chi connectivity index (χ3v) is 1.80. The summed E-state index contributed by atoms with van der Waals surface area (Å²) in [5, 5.41) is 16.2. The quantitative estimate of drug-likeness (QED) is 0.764. The minimum atomic E-state index is -0.938. The predicted molar refractivity (Wildman–Crippen MR) is 66.6 cm³/mol. The van der Waals surface area contributed by atoms with Crippen LogP contribution in [0.15, 0.2) is 23.2 Å². The maximum atomic E-state index is 10.2. The molecule has 0 heterocycles. The van der Waals surface area contributed by atoms with E-state index in [1.165, 1.54) is 4.99 Å². The Morgan fingerprint density at radius 1 is 1.38 bits per heavy atom. The molecule has 0 fully saturated rings. The van der Waals surface area contributed by atoms with Gasteiger partial charge in [0.25, 0.3) is 0 Å². The first-order valence-electron chi connectivity index (χ1n) is 4.72. The van der Waals surface area contributed by atoms with Crippen molar-refractivity contribution in [1.82, 2.24) is 0 Å². The molecule has 4 nitrogen and oxygen atoms in total. The average molecular weight is 293 g/mol. The van der Waals surface area contributed by atoms with Crippen molar-refractivity contribution in [2.45, 2.75) is 26.7 Å². The van der Waals surface area contributed by atoms with E-state index in [0.29, 0.717) is 17.9 Å². The Morgan fingerprint density at radius 2 is 1.88 bits per heavy atom. The first-order chi connectivity index (χ1) is 7.31. The molecule has 0 unspecified atom stereocenters. The number of halogens is 1. The predicted octanol–water partition coefficient (Wildman–Crippen LogP) is 3.04. The lowest BCUT2D eigenvalue weighted by molar-refractivity contribution is -0.133. The molecule has 0 atom stereocenters. The second kappa shape index (κ2) is 10.4. The lowest BCUT2D eigenvalue weighted by Gasteiger charge is -2.02. The number of carboxylic acids is 2. The van der Waals surface area contributed by atoms with Gasteiger partial charge in [0.15, 0.2) is 0 Å². The molecule has 92 valence electrons. The first kappa shape index (κ1) is 17.3. The van der Waals surface area contributed by atoms with Gasteiger partial charge in [-0.2, -0.15) is 0 Å². The largest absolute Gasteiger partial charge is 0.478 e. The minimum absolute atomic E-state index is 0.314. The highest BCUT2D eigenvalue weighted by atomic mass is 79.9. The molecule has 0 amide bonds. The topological polar surface area (TPSA) is 74.6 Å². The second-order valence-electron chi connectivity index (χ2n) is 3.47. The van der Waals surface area contributed by atoms with E-state index in [1.807, 2.05) is 0 Å². The van der Waals surface area contributed by atoms with Gasteiger partial charge in [0.2, 0.25) is 0 Å². The van der Waals surface area contributed by atoms with Crippen molar-refractivity contribution in [2.75, 3.05) is 0 Å². The van der Waals surface area contributed by atoms with E-state index in [9.17, 15) is 9.59 Å². The fourth-order valence-corrected chi connectivity index (χ4v) is 0.850. The fraction of sp³-hybridized carbons (Fsp3) is 0.455. The molecular weight excluding hydrogens is 276 g/mol. The van der Waals surface area contributed by atoms with Gasteiger partial charge in [-0.25, -0.2) is 9.59 Å². The van der Waals surface area contributed by atoms with E-state index in [2.05, 4.69) is 36.4 Å². The van der Waals surface area contributed by atoms with Crippen molar-refractivity contribution in [2.24, 2.45) is 5.92 Å². The molecule has 0 aromatic carbocycles. The summed E-state index contributed by atoms with van der Waals surface area (Å²) in [5.41, 5.74) is 0.314. The monoisotopic (exact) mass is 292 g/mol. The van der Waals surface area contributed by atoms with Crippen molar-refractivity contribution in [3.63, 3.8) is 0 Å². The Hall–Kier alpha value is -1.10. The summed E-state index contributed by atoms with van der Waals surface area (Å²) in [4.78, 5) is 21.0. The number of hydrogen-bond acceptors (Lipinski definition) is 2. The molecule has 0 rings (SSSR count). The van der Waals surface area contributed by atoms with Crippen molar-refractivity contribution >= 4 is 27.9 Å². The Kier molecular flexibility index (Phi) is 11.3. The molecule has 0 aromatic rings. The van der Waals surface area contributed by atoms with Gasteiger partial charge in [0.1, 0.15) is 0 Å². The fourth-order valence-electron chi connectivity index (χ4n) is 0.624. The number of hydrogen-bond donors (Lipinski definition) is 2. The first-order valence-corrected chi connectivity index (χ1v) is 5.63. The van der Waals surface area contributed by atoms with Gasteiger partial charge in [-0.1, -0.05) is 36.4 Å². The number of carbonyl (C=O) groups is 2. The van der Waals surface area contributed by atoms with Crippen LogP contribution in [0, 0.1) is 5.92 Å². The summed E-state index contributed by atoms with van der Waals surface area (Å²) in [7, 11) is 0. The highest BCUT2D eigenvalue weighted by Crippen LogP contribution is 2.09. The number of carboxylic acid groups (broad SMARTS) is 2. The van der Waals surface area contributed by atoms with Crippen LogP contribution in [0.25, 0.3) is 0 Å². The van der Waals surface area contributed by atoms with Gasteiger partial charge in [0, 0.05) is 11.6 Å². The Labute approximate surface area is 104 Å². The van der Waals surface area contributed by atoms with E-state index in [1.54, 1.807) is 0 Å². The van der Waals surface area contributed by atoms with Crippen LogP contribution in [0.2, 0.25) is 0 Å². The highest BCUT2D eigenvalue weighted by Gasteiger charge is 2.03. The van der Waals surface area contributed by atoms with Crippen LogP contribution in [-0.2, 0) is 9.59 Å². The molecule has 0 spiro atoms. The van der Waals surface area contributed by atoms with E-state index in [-0.39, 0.29) is 0 Å². The van der Waals surface area contributed by atoms with E-state index >= 15 is 0 Å². The molecule has 0 aromatic heterocycles. The highest BCUT2D eigenvalue weighted by molar-refractivity contribution is 9.11. The Bertz CT molecular complexity index is 269. The zero-order valence-electron chi connectivity index (χ0n) is 9.44. The summed E-state index contributed by atoms with van der Waals surface area (Å²) >= 11 is 2.79. The SMILES string of the molecule is C=C(CCC(C)C)C(=O)O.O=C(O)C=CBr. The average Bonchev–Trinajstić information content (AvgIpc) is 2.14. The lowest BCUT2D eigenvalue weighted by atomic mass is 10.0. The molecule has 0 aliphatic carbocycles. The molecule has 0 radical (unpaired) electrons. The third-order valence-electron chi connectivity index (χ3n) is 1.53. The maximum Gasteiger partial charge on any atom is 0.330 e. The standard InChI is InChI=1S/C8H14O2.C3H3BrO2/c1-6(2)4-5-7(3)8(9)10;4-2-1-3(5)6/h6H,3-5H2,1-2H3,(H,9,10);1-2H,(H,5,6). The van der Waals surface area contributed by atoms with Crippen LogP contribution >= 0.6 is 15.9 Å². The molecule has 0 aliphatic heterocycles. The summed E-state index contributed by atoms with van der Waals surface area (Å²) in [6.45, 7) is 7.56. The number of aliphatic carboxylic acids is 2. The molecule has 0 bridgehead atoms. The Morgan fingerprint density at radius 3 is 2.06 bits per heavy atom. The zero-order chi connectivity index (χ0) is 13.1. The summed E-state index contributed by atoms with van der Waals surface area (Å²) in [5.74, 6) is -1.26. The third kappa shape index (κ3) is 15.4. The van der Waals surface area contributed by atoms with Gasteiger partial charge in [-0.05, 0) is 23.7 Å². The van der Waals surface area contributed by atoms with Crippen LogP contribution in [0.5, 0.6) is 0 Å². The maximum absolute atomic E-state index is 10.2. The van der Waals surface area contributed by atoms with Crippen LogP contribution in [-0.4, -0.2) is 22.2 Å². The van der Waals surface area contributed by atoms with Gasteiger partial charge in [-0.15, -0.1) is 0 Å². The van der Waals surface area contributed by atoms with Crippen LogP contribution in [0.3, 0.4) is 0 Å². The van der Waals surface area contributed by atoms with Crippen molar-refractivity contribution in [3.8, 4) is 0 Å². The molecule has 0 aliphatic rings. The molecule has 2 N–H and O–H groups in total. The van der Waals surface area contributed by atoms with Crippen molar-refractivity contribution in [3.05, 3.63) is 23.2 Å². The molecule has 0 saturated carbocycles. The second-order valence-corrected chi connectivity index (χ2v) is 4.00. The van der Waals surface area contributed by atoms with Gasteiger partial charge in [-0.3, -0.25) is 0 Å². The number of rotatable bonds is 5. The molecule has 0 saturated heterocycles. The van der Waals surface area contributed by atoms with Crippen molar-refractivity contribution in [1.29, 1.82) is 0 Å². The Balaban J connectivity index is 0. The summed E-state index contributed by atoms with van der Waals surface area (Å²) < 4.78 is 0. The zero-order valence-corrected chi connectivity index (χ0v) is 11.0. The van der Waals surface area contributed by atoms with Gasteiger partial charge in [0.05, 0.1) is 0 Å². The lowest BCUT2D eigenvalue weighted by Crippen LogP contribution is -2.00. The van der Waals surface area contributed by atoms with E-state index in [0.717, 1.165) is 12.5 Å². The van der Waals surface area contributed by atoms with Gasteiger partial charge >= 0.3 is 11.9 Å². The molecular formula is C11H17BrO4. The van der Waals surface area contributed by atoms with Crippen molar-refractivity contribution < 1.29 is 19.8 Å². The summed E-state index contributed by atoms with van der Waals surface area (Å²) in [6, 6.07) is 0. The van der Waals surface area contributed by atoms with Crippen LogP contribution in [0.4, 0.5) is 0 Å². The van der Waals surface area contributed by atoms with Crippen LogP contribution in [0.1, 0.15) is 26.7 Å². The minimum Gasteiger partial charge on any atom is -0.478 e. The molecule has 5 heteroatoms. The normalized spacial score (nSPS) is 9.75. The van der Waals surface area contributed by atoms with E-state index < -0.39 is 11.9 Å². The van der Waals surface area contributed by atoms with Gasteiger partial charge < -0.3 is 10.2 Å². The summed E-state index contributed by atoms with van der Waals surface area (Å²) in [6.07, 6.45) is 2.51. The van der Waals surface area contributed by atoms with Crippen LogP contribution < -0.4 is 0 Å².